The number of pyridine rings is 1. The summed E-state index contributed by atoms with van der Waals surface area (Å²) in [4.78, 5) is 17.1. The molecular formula is C25H21N5O. The highest BCUT2D eigenvalue weighted by Gasteiger charge is 2.15. The van der Waals surface area contributed by atoms with Gasteiger partial charge in [0.15, 0.2) is 0 Å². The Balaban J connectivity index is 1.39. The number of carbonyl (C=O) groups excluding carboxylic acids is 1. The number of benzene rings is 2. The highest BCUT2D eigenvalue weighted by atomic mass is 16.1. The van der Waals surface area contributed by atoms with Gasteiger partial charge in [0.25, 0.3) is 5.91 Å². The average molecular weight is 407 g/mol. The number of aromatic nitrogens is 4. The van der Waals surface area contributed by atoms with Crippen molar-refractivity contribution in [1.82, 2.24) is 24.5 Å². The van der Waals surface area contributed by atoms with Crippen LogP contribution < -0.4 is 5.32 Å². The number of hydrogen-bond donors (Lipinski definition) is 1. The van der Waals surface area contributed by atoms with Gasteiger partial charge in [0, 0.05) is 36.3 Å². The fraction of sp³-hybridized carbons (Fsp3) is 0.0800. The third-order valence-electron chi connectivity index (χ3n) is 5.11. The predicted octanol–water partition coefficient (Wildman–Crippen LogP) is 4.18. The molecule has 0 saturated heterocycles. The topological polar surface area (TPSA) is 64.2 Å². The molecule has 0 saturated carbocycles. The van der Waals surface area contributed by atoms with E-state index in [0.717, 1.165) is 22.5 Å². The van der Waals surface area contributed by atoms with Crippen LogP contribution in [0.15, 0.2) is 97.5 Å². The van der Waals surface area contributed by atoms with Gasteiger partial charge in [-0.05, 0) is 17.7 Å². The molecule has 152 valence electrons. The van der Waals surface area contributed by atoms with Gasteiger partial charge in [-0.15, -0.1) is 0 Å². The van der Waals surface area contributed by atoms with Crippen LogP contribution in [0.25, 0.3) is 16.9 Å². The van der Waals surface area contributed by atoms with Gasteiger partial charge in [0.2, 0.25) is 0 Å². The fourth-order valence-electron chi connectivity index (χ4n) is 3.59. The lowest BCUT2D eigenvalue weighted by Gasteiger charge is -2.04. The number of nitrogens with zero attached hydrogens (tertiary/aromatic N) is 4. The number of rotatable bonds is 6. The summed E-state index contributed by atoms with van der Waals surface area (Å²) in [5.74, 6) is -0.210. The monoisotopic (exact) mass is 407 g/mol. The number of hydrogen-bond acceptors (Lipinski definition) is 3. The van der Waals surface area contributed by atoms with Gasteiger partial charge in [-0.1, -0.05) is 66.7 Å². The maximum Gasteiger partial charge on any atom is 0.271 e. The summed E-state index contributed by atoms with van der Waals surface area (Å²) in [5.41, 5.74) is 5.15. The third-order valence-corrected chi connectivity index (χ3v) is 5.11. The van der Waals surface area contributed by atoms with Crippen molar-refractivity contribution < 1.29 is 4.79 Å². The predicted molar refractivity (Wildman–Crippen MR) is 120 cm³/mol. The lowest BCUT2D eigenvalue weighted by atomic mass is 10.1. The minimum Gasteiger partial charge on any atom is -0.346 e. The molecule has 0 aliphatic rings. The van der Waals surface area contributed by atoms with Crippen LogP contribution in [-0.4, -0.2) is 25.1 Å². The zero-order valence-electron chi connectivity index (χ0n) is 16.8. The number of amides is 1. The van der Waals surface area contributed by atoms with E-state index in [1.807, 2.05) is 88.2 Å². The van der Waals surface area contributed by atoms with Crippen LogP contribution in [0.2, 0.25) is 0 Å². The molecule has 0 atom stereocenters. The molecule has 3 heterocycles. The van der Waals surface area contributed by atoms with Crippen molar-refractivity contribution in [3.63, 3.8) is 0 Å². The van der Waals surface area contributed by atoms with E-state index < -0.39 is 0 Å². The maximum atomic E-state index is 12.7. The molecule has 0 fully saturated rings. The molecule has 0 bridgehead atoms. The van der Waals surface area contributed by atoms with Crippen LogP contribution in [0.1, 0.15) is 21.6 Å². The summed E-state index contributed by atoms with van der Waals surface area (Å²) < 4.78 is 3.76. The number of fused-ring (bicyclic) bond motifs is 1. The van der Waals surface area contributed by atoms with Gasteiger partial charge in [-0.2, -0.15) is 5.10 Å². The van der Waals surface area contributed by atoms with Crippen molar-refractivity contribution in [1.29, 1.82) is 0 Å². The van der Waals surface area contributed by atoms with E-state index in [4.69, 9.17) is 5.10 Å². The first-order chi connectivity index (χ1) is 15.3. The van der Waals surface area contributed by atoms with E-state index in [1.54, 1.807) is 6.20 Å². The van der Waals surface area contributed by atoms with E-state index in [-0.39, 0.29) is 5.91 Å². The molecule has 5 rings (SSSR count). The highest BCUT2D eigenvalue weighted by molar-refractivity contribution is 5.92. The Labute approximate surface area is 179 Å². The van der Waals surface area contributed by atoms with Crippen molar-refractivity contribution in [2.24, 2.45) is 0 Å². The largest absolute Gasteiger partial charge is 0.346 e. The molecule has 3 aromatic heterocycles. The number of imidazole rings is 1. The van der Waals surface area contributed by atoms with E-state index in [9.17, 15) is 4.79 Å². The molecular weight excluding hydrogens is 386 g/mol. The Hall–Kier alpha value is -4.19. The first kappa shape index (κ1) is 18.8. The van der Waals surface area contributed by atoms with Crippen LogP contribution in [0.5, 0.6) is 0 Å². The van der Waals surface area contributed by atoms with Crippen LogP contribution in [-0.2, 0) is 13.1 Å². The lowest BCUT2D eigenvalue weighted by molar-refractivity contribution is 0.0946. The van der Waals surface area contributed by atoms with Crippen molar-refractivity contribution in [2.45, 2.75) is 13.1 Å². The number of nitrogens with one attached hydrogen (secondary N) is 1. The molecule has 5 aromatic rings. The van der Waals surface area contributed by atoms with E-state index >= 15 is 0 Å². The van der Waals surface area contributed by atoms with Crippen LogP contribution in [0, 0.1) is 0 Å². The standard InChI is InChI=1S/C25H21N5O/c31-25(22-18-29-14-8-7-13-23(29)27-22)26-15-21-17-30(16-19-9-3-1-4-10-19)28-24(21)20-11-5-2-6-12-20/h1-14,17-18H,15-16H2,(H,26,31). The van der Waals surface area contributed by atoms with Crippen molar-refractivity contribution in [3.8, 4) is 11.3 Å². The summed E-state index contributed by atoms with van der Waals surface area (Å²) in [6.07, 6.45) is 5.61. The van der Waals surface area contributed by atoms with Crippen molar-refractivity contribution in [3.05, 3.63) is 114 Å². The normalized spacial score (nSPS) is 11.0. The smallest absolute Gasteiger partial charge is 0.271 e. The fourth-order valence-corrected chi connectivity index (χ4v) is 3.59. The maximum absolute atomic E-state index is 12.7. The summed E-state index contributed by atoms with van der Waals surface area (Å²) in [5, 5.41) is 7.80. The average Bonchev–Trinajstić information content (AvgIpc) is 3.43. The van der Waals surface area contributed by atoms with Gasteiger partial charge < -0.3 is 9.72 Å². The SMILES string of the molecule is O=C(NCc1cn(Cc2ccccc2)nc1-c1ccccc1)c1cn2ccccc2n1. The first-order valence-corrected chi connectivity index (χ1v) is 10.1. The Kier molecular flexibility index (Phi) is 5.02. The second kappa shape index (κ2) is 8.28. The van der Waals surface area contributed by atoms with Gasteiger partial charge in [0.05, 0.1) is 12.2 Å². The molecule has 1 amide bonds. The molecule has 2 aromatic carbocycles. The molecule has 0 aliphatic carbocycles. The molecule has 6 nitrogen and oxygen atoms in total. The Morgan fingerprint density at radius 2 is 1.61 bits per heavy atom. The lowest BCUT2D eigenvalue weighted by Crippen LogP contribution is -2.23. The Morgan fingerprint density at radius 3 is 2.39 bits per heavy atom. The van der Waals surface area contributed by atoms with E-state index in [0.29, 0.717) is 18.8 Å². The molecule has 0 aliphatic heterocycles. The summed E-state index contributed by atoms with van der Waals surface area (Å²) in [6, 6.07) is 25.9. The molecule has 31 heavy (non-hydrogen) atoms. The summed E-state index contributed by atoms with van der Waals surface area (Å²) >= 11 is 0. The molecule has 1 N–H and O–H groups in total. The highest BCUT2D eigenvalue weighted by Crippen LogP contribution is 2.22. The zero-order valence-corrected chi connectivity index (χ0v) is 16.8. The number of carbonyl (C=O) groups is 1. The molecule has 6 heteroatoms. The first-order valence-electron chi connectivity index (χ1n) is 10.1. The van der Waals surface area contributed by atoms with Crippen molar-refractivity contribution in [2.75, 3.05) is 0 Å². The Morgan fingerprint density at radius 1 is 0.871 bits per heavy atom. The van der Waals surface area contributed by atoms with Crippen molar-refractivity contribution >= 4 is 11.6 Å². The molecule has 0 spiro atoms. The minimum atomic E-state index is -0.210. The summed E-state index contributed by atoms with van der Waals surface area (Å²) in [6.45, 7) is 1.03. The van der Waals surface area contributed by atoms with Crippen LogP contribution in [0.4, 0.5) is 0 Å². The zero-order chi connectivity index (χ0) is 21.0. The second-order valence-corrected chi connectivity index (χ2v) is 7.33. The van der Waals surface area contributed by atoms with Gasteiger partial charge in [-0.3, -0.25) is 9.48 Å². The molecule has 0 unspecified atom stereocenters. The quantitative estimate of drug-likeness (QED) is 0.459. The minimum absolute atomic E-state index is 0.210. The van der Waals surface area contributed by atoms with Crippen LogP contribution in [0.3, 0.4) is 0 Å². The van der Waals surface area contributed by atoms with Gasteiger partial charge in [-0.25, -0.2) is 4.98 Å². The second-order valence-electron chi connectivity index (χ2n) is 7.33. The molecule has 0 radical (unpaired) electrons. The van der Waals surface area contributed by atoms with E-state index in [2.05, 4.69) is 22.4 Å². The van der Waals surface area contributed by atoms with Gasteiger partial charge >= 0.3 is 0 Å². The van der Waals surface area contributed by atoms with Crippen LogP contribution >= 0.6 is 0 Å². The van der Waals surface area contributed by atoms with Gasteiger partial charge in [0.1, 0.15) is 11.3 Å². The summed E-state index contributed by atoms with van der Waals surface area (Å²) in [7, 11) is 0. The third kappa shape index (κ3) is 4.09. The van der Waals surface area contributed by atoms with E-state index in [1.165, 1.54) is 5.56 Å². The Bertz CT molecular complexity index is 1290.